The molecule has 0 aliphatic heterocycles. The molecule has 0 fully saturated rings. The lowest BCUT2D eigenvalue weighted by molar-refractivity contribution is -0.402. The van der Waals surface area contributed by atoms with E-state index >= 15 is 0 Å². The highest BCUT2D eigenvalue weighted by Crippen LogP contribution is 2.39. The number of ketones is 1. The van der Waals surface area contributed by atoms with Gasteiger partial charge >= 0.3 is 12.0 Å². The van der Waals surface area contributed by atoms with Crippen molar-refractivity contribution >= 4 is 23.8 Å². The fraction of sp³-hybridized carbons (Fsp3) is 0.240. The molecule has 3 rings (SSSR count). The van der Waals surface area contributed by atoms with Gasteiger partial charge in [0.1, 0.15) is 16.4 Å². The van der Waals surface area contributed by atoms with Crippen molar-refractivity contribution in [3.8, 4) is 29.6 Å². The van der Waals surface area contributed by atoms with Gasteiger partial charge in [-0.1, -0.05) is 12.2 Å². The van der Waals surface area contributed by atoms with E-state index in [1.807, 2.05) is 0 Å². The first kappa shape index (κ1) is 27.5. The molecule has 0 bridgehead atoms. The van der Waals surface area contributed by atoms with Crippen LogP contribution in [-0.4, -0.2) is 59.6 Å². The maximum absolute atomic E-state index is 13.6. The number of nitro groups is 1. The quantitative estimate of drug-likeness (QED) is 0.169. The van der Waals surface area contributed by atoms with E-state index < -0.39 is 29.3 Å². The minimum atomic E-state index is -1.02. The number of methoxy groups -OCH3 is 3. The number of ether oxygens (including phenoxy) is 4. The Labute approximate surface area is 216 Å². The smallest absolute Gasteiger partial charge is 0.435 e. The molecule has 38 heavy (non-hydrogen) atoms. The second kappa shape index (κ2) is 12.2. The number of rotatable bonds is 11. The summed E-state index contributed by atoms with van der Waals surface area (Å²) < 4.78 is 26.9. The Hall–Kier alpha value is -5.09. The number of furan rings is 1. The van der Waals surface area contributed by atoms with Crippen LogP contribution in [0.5, 0.6) is 17.2 Å². The zero-order valence-electron chi connectivity index (χ0n) is 20.6. The van der Waals surface area contributed by atoms with Crippen LogP contribution in [0.2, 0.25) is 0 Å². The molecule has 2 aromatic heterocycles. The van der Waals surface area contributed by atoms with Gasteiger partial charge in [0, 0.05) is 11.1 Å². The van der Waals surface area contributed by atoms with Crippen LogP contribution >= 0.6 is 0 Å². The third-order valence-corrected chi connectivity index (χ3v) is 5.16. The van der Waals surface area contributed by atoms with Crippen molar-refractivity contribution in [3.63, 3.8) is 0 Å². The predicted octanol–water partition coefficient (Wildman–Crippen LogP) is 3.01. The number of aromatic nitrogens is 2. The Kier molecular flexibility index (Phi) is 8.86. The molecule has 0 spiro atoms. The van der Waals surface area contributed by atoms with E-state index in [1.54, 1.807) is 0 Å². The van der Waals surface area contributed by atoms with E-state index in [2.05, 4.69) is 11.0 Å². The third kappa shape index (κ3) is 5.66. The molecular formula is C25H23N3O10. The summed E-state index contributed by atoms with van der Waals surface area (Å²) in [6, 6.07) is 5.24. The molecule has 0 unspecified atom stereocenters. The first-order chi connectivity index (χ1) is 18.3. The van der Waals surface area contributed by atoms with E-state index in [-0.39, 0.29) is 58.6 Å². The van der Waals surface area contributed by atoms with Crippen LogP contribution in [0.4, 0.5) is 10.7 Å². The number of terminal acetylenes is 1. The van der Waals surface area contributed by atoms with Crippen LogP contribution < -0.4 is 14.2 Å². The third-order valence-electron chi connectivity index (χ3n) is 5.16. The van der Waals surface area contributed by atoms with Crippen molar-refractivity contribution in [3.05, 3.63) is 68.7 Å². The maximum atomic E-state index is 13.6. The number of carbonyl (C=O) groups is 2. The van der Waals surface area contributed by atoms with Crippen LogP contribution in [0, 0.1) is 22.5 Å². The molecule has 198 valence electrons. The topological polar surface area (TPSA) is 165 Å². The Morgan fingerprint density at radius 1 is 1.21 bits per heavy atom. The molecule has 13 nitrogen and oxygen atoms in total. The van der Waals surface area contributed by atoms with Gasteiger partial charge in [-0.25, -0.2) is 4.79 Å². The lowest BCUT2D eigenvalue weighted by atomic mass is 10.0. The standard InChI is InChI=1S/C25H23N3O10/c1-5-7-18-17(8-6-11-29)22(23(30)15-12-19(34-2)24(36-4)20(13-15)35-3)26-27(18)25(31)37-14-16-9-10-21(38-16)28(32)33/h1,6,8-10,12-13,29H,7,11,14H2,2-4H3/b8-6-. The molecule has 0 saturated heterocycles. The summed E-state index contributed by atoms with van der Waals surface area (Å²) in [5.74, 6) is 2.00. The fourth-order valence-corrected chi connectivity index (χ4v) is 3.48. The number of nitrogens with zero attached hydrogens (tertiary/aromatic N) is 3. The van der Waals surface area contributed by atoms with Gasteiger partial charge in [-0.3, -0.25) is 14.9 Å². The SMILES string of the molecule is C#CCc1c(/C=C\CO)c(C(=O)c2cc(OC)c(OC)c(OC)c2)nn1C(=O)OCc1ccc([N+](=O)[O-])o1. The molecule has 0 amide bonds. The minimum Gasteiger partial charge on any atom is -0.493 e. The molecule has 0 atom stereocenters. The number of aliphatic hydroxyl groups is 1. The summed E-state index contributed by atoms with van der Waals surface area (Å²) >= 11 is 0. The van der Waals surface area contributed by atoms with Gasteiger partial charge in [-0.2, -0.15) is 9.78 Å². The first-order valence-electron chi connectivity index (χ1n) is 10.9. The number of hydrogen-bond donors (Lipinski definition) is 1. The van der Waals surface area contributed by atoms with E-state index in [0.717, 1.165) is 10.7 Å². The number of carbonyl (C=O) groups excluding carboxylic acids is 2. The molecule has 0 aliphatic rings. The van der Waals surface area contributed by atoms with Crippen LogP contribution in [0.1, 0.15) is 33.1 Å². The average Bonchev–Trinajstić information content (AvgIpc) is 3.54. The van der Waals surface area contributed by atoms with Gasteiger partial charge in [-0.15, -0.1) is 12.3 Å². The number of benzene rings is 1. The number of hydrogen-bond acceptors (Lipinski definition) is 11. The monoisotopic (exact) mass is 525 g/mol. The zero-order valence-corrected chi connectivity index (χ0v) is 20.6. The predicted molar refractivity (Wildman–Crippen MR) is 131 cm³/mol. The zero-order chi connectivity index (χ0) is 27.8. The summed E-state index contributed by atoms with van der Waals surface area (Å²) in [4.78, 5) is 36.6. The largest absolute Gasteiger partial charge is 0.493 e. The summed E-state index contributed by atoms with van der Waals surface area (Å²) in [5, 5.41) is 24.3. The molecule has 13 heteroatoms. The summed E-state index contributed by atoms with van der Waals surface area (Å²) in [6.45, 7) is -0.805. The van der Waals surface area contributed by atoms with E-state index in [9.17, 15) is 24.8 Å². The highest BCUT2D eigenvalue weighted by molar-refractivity contribution is 6.11. The maximum Gasteiger partial charge on any atom is 0.435 e. The van der Waals surface area contributed by atoms with E-state index in [4.69, 9.17) is 29.8 Å². The second-order valence-electron chi connectivity index (χ2n) is 7.38. The lowest BCUT2D eigenvalue weighted by Crippen LogP contribution is -2.18. The summed E-state index contributed by atoms with van der Waals surface area (Å²) in [7, 11) is 4.20. The normalized spacial score (nSPS) is 10.7. The molecule has 1 aromatic carbocycles. The van der Waals surface area contributed by atoms with Crippen molar-refractivity contribution in [1.29, 1.82) is 0 Å². The molecule has 0 aliphatic carbocycles. The Bertz CT molecular complexity index is 1400. The Morgan fingerprint density at radius 3 is 2.42 bits per heavy atom. The van der Waals surface area contributed by atoms with Gasteiger partial charge in [-0.05, 0) is 18.2 Å². The van der Waals surface area contributed by atoms with Gasteiger partial charge in [0.05, 0.1) is 46.1 Å². The first-order valence-corrected chi connectivity index (χ1v) is 10.9. The molecule has 0 saturated carbocycles. The van der Waals surface area contributed by atoms with Crippen LogP contribution in [0.15, 0.2) is 34.8 Å². The molecule has 2 heterocycles. The highest BCUT2D eigenvalue weighted by atomic mass is 16.7. The molecular weight excluding hydrogens is 502 g/mol. The van der Waals surface area contributed by atoms with Crippen LogP contribution in [0.3, 0.4) is 0 Å². The van der Waals surface area contributed by atoms with Crippen molar-refractivity contribution in [2.45, 2.75) is 13.0 Å². The molecule has 1 N–H and O–H groups in total. The van der Waals surface area contributed by atoms with Crippen LogP contribution in [0.25, 0.3) is 6.08 Å². The minimum absolute atomic E-state index is 0.0184. The Balaban J connectivity index is 2.06. The van der Waals surface area contributed by atoms with E-state index in [1.165, 1.54) is 51.7 Å². The van der Waals surface area contributed by atoms with Gasteiger partial charge in [0.25, 0.3) is 0 Å². The average molecular weight is 525 g/mol. The highest BCUT2D eigenvalue weighted by Gasteiger charge is 2.27. The van der Waals surface area contributed by atoms with Crippen molar-refractivity contribution in [1.82, 2.24) is 9.78 Å². The van der Waals surface area contributed by atoms with Crippen molar-refractivity contribution in [2.75, 3.05) is 27.9 Å². The molecule has 3 aromatic rings. The fourth-order valence-electron chi connectivity index (χ4n) is 3.48. The van der Waals surface area contributed by atoms with Gasteiger partial charge in [0.15, 0.2) is 18.1 Å². The summed E-state index contributed by atoms with van der Waals surface area (Å²) in [6.07, 6.45) is 7.12. The van der Waals surface area contributed by atoms with Crippen molar-refractivity contribution < 1.29 is 43.0 Å². The van der Waals surface area contributed by atoms with E-state index in [0.29, 0.717) is 0 Å². The lowest BCUT2D eigenvalue weighted by Gasteiger charge is -2.13. The van der Waals surface area contributed by atoms with Gasteiger partial charge in [0.2, 0.25) is 11.5 Å². The van der Waals surface area contributed by atoms with Crippen LogP contribution in [-0.2, 0) is 17.8 Å². The summed E-state index contributed by atoms with van der Waals surface area (Å²) in [5.41, 5.74) is 0.260. The second-order valence-corrected chi connectivity index (χ2v) is 7.38. The number of aliphatic hydroxyl groups excluding tert-OH is 1. The Morgan fingerprint density at radius 2 is 1.89 bits per heavy atom. The van der Waals surface area contributed by atoms with Crippen molar-refractivity contribution in [2.24, 2.45) is 0 Å². The van der Waals surface area contributed by atoms with Gasteiger partial charge < -0.3 is 28.5 Å². The molecule has 0 radical (unpaired) electrons.